The first-order valence-electron chi connectivity index (χ1n) is 6.34. The predicted molar refractivity (Wildman–Crippen MR) is 71.8 cm³/mol. The van der Waals surface area contributed by atoms with Gasteiger partial charge in [0.25, 0.3) is 0 Å². The Balaban J connectivity index is 0.00000176. The number of oxazole rings is 1. The highest BCUT2D eigenvalue weighted by Crippen LogP contribution is 2.35. The first-order valence-corrected chi connectivity index (χ1v) is 6.34. The third kappa shape index (κ3) is 2.93. The maximum Gasteiger partial charge on any atom is 0.433 e. The van der Waals surface area contributed by atoms with Crippen LogP contribution in [-0.2, 0) is 12.6 Å². The summed E-state index contributed by atoms with van der Waals surface area (Å²) in [7, 11) is 0. The number of pyridine rings is 1. The summed E-state index contributed by atoms with van der Waals surface area (Å²) in [5.41, 5.74) is 4.88. The SMILES string of the molecule is Cl.N[C@H]1CCCc2nc(-c3cc(C(F)(F)F)ncc3F)oc21. The lowest BCUT2D eigenvalue weighted by atomic mass is 9.98. The summed E-state index contributed by atoms with van der Waals surface area (Å²) in [4.78, 5) is 7.11. The van der Waals surface area contributed by atoms with E-state index < -0.39 is 17.7 Å². The second-order valence-corrected chi connectivity index (χ2v) is 4.88. The van der Waals surface area contributed by atoms with E-state index in [1.165, 1.54) is 0 Å². The molecule has 0 fully saturated rings. The molecule has 0 spiro atoms. The number of hydrogen-bond donors (Lipinski definition) is 1. The number of hydrogen-bond acceptors (Lipinski definition) is 4. The van der Waals surface area contributed by atoms with Crippen molar-refractivity contribution in [3.63, 3.8) is 0 Å². The Bertz CT molecular complexity index is 686. The molecule has 0 bridgehead atoms. The zero-order valence-electron chi connectivity index (χ0n) is 11.2. The average Bonchev–Trinajstić information content (AvgIpc) is 2.83. The van der Waals surface area contributed by atoms with Crippen molar-refractivity contribution in [3.05, 3.63) is 35.2 Å². The molecule has 3 rings (SSSR count). The van der Waals surface area contributed by atoms with Gasteiger partial charge in [0.2, 0.25) is 5.89 Å². The quantitative estimate of drug-likeness (QED) is 0.807. The Morgan fingerprint density at radius 3 is 2.68 bits per heavy atom. The largest absolute Gasteiger partial charge is 0.439 e. The van der Waals surface area contributed by atoms with Crippen LogP contribution in [0.2, 0.25) is 0 Å². The van der Waals surface area contributed by atoms with Crippen LogP contribution < -0.4 is 5.73 Å². The highest BCUT2D eigenvalue weighted by atomic mass is 35.5. The third-order valence-electron chi connectivity index (χ3n) is 3.37. The molecule has 0 amide bonds. The smallest absolute Gasteiger partial charge is 0.433 e. The van der Waals surface area contributed by atoms with Crippen LogP contribution in [0.25, 0.3) is 11.5 Å². The molecule has 2 aromatic heterocycles. The molecule has 1 atom stereocenters. The van der Waals surface area contributed by atoms with Crippen molar-refractivity contribution in [2.75, 3.05) is 0 Å². The summed E-state index contributed by atoms with van der Waals surface area (Å²) in [5, 5.41) is 0. The van der Waals surface area contributed by atoms with Crippen LogP contribution in [0.15, 0.2) is 16.7 Å². The average molecular weight is 338 g/mol. The fourth-order valence-electron chi connectivity index (χ4n) is 2.33. The Hall–Kier alpha value is -1.67. The number of nitrogens with two attached hydrogens (primary N) is 1. The summed E-state index contributed by atoms with van der Waals surface area (Å²) in [6.07, 6.45) is -2.02. The van der Waals surface area contributed by atoms with Gasteiger partial charge in [0.1, 0.15) is 11.5 Å². The molecular formula is C13H12ClF4N3O. The zero-order valence-corrected chi connectivity index (χ0v) is 12.0. The Morgan fingerprint density at radius 1 is 1.32 bits per heavy atom. The van der Waals surface area contributed by atoms with E-state index in [0.717, 1.165) is 6.42 Å². The van der Waals surface area contributed by atoms with Crippen LogP contribution in [0.3, 0.4) is 0 Å². The van der Waals surface area contributed by atoms with E-state index in [1.54, 1.807) is 0 Å². The molecule has 0 aromatic carbocycles. The summed E-state index contributed by atoms with van der Waals surface area (Å²) in [5.74, 6) is -0.695. The van der Waals surface area contributed by atoms with Gasteiger partial charge in [-0.15, -0.1) is 12.4 Å². The molecule has 1 aliphatic rings. The minimum Gasteiger partial charge on any atom is -0.439 e. The van der Waals surface area contributed by atoms with E-state index in [9.17, 15) is 17.6 Å². The zero-order chi connectivity index (χ0) is 15.2. The molecule has 0 aliphatic heterocycles. The standard InChI is InChI=1S/C13H11F4N3O.ClH/c14-7-5-19-10(13(15,16)17)4-6(7)12-20-9-3-1-2-8(18)11(9)21-12;/h4-5,8H,1-3,18H2;1H/t8-;/m0./s1. The van der Waals surface area contributed by atoms with Crippen molar-refractivity contribution >= 4 is 12.4 Å². The maximum absolute atomic E-state index is 13.7. The van der Waals surface area contributed by atoms with E-state index in [4.69, 9.17) is 10.2 Å². The van der Waals surface area contributed by atoms with Gasteiger partial charge in [-0.3, -0.25) is 0 Å². The third-order valence-corrected chi connectivity index (χ3v) is 3.37. The van der Waals surface area contributed by atoms with E-state index in [0.29, 0.717) is 36.6 Å². The molecule has 2 heterocycles. The Kier molecular flexibility index (Phi) is 4.44. The minimum absolute atomic E-state index is 0. The molecule has 0 radical (unpaired) electrons. The van der Waals surface area contributed by atoms with E-state index >= 15 is 0 Å². The highest BCUT2D eigenvalue weighted by Gasteiger charge is 2.34. The number of rotatable bonds is 1. The van der Waals surface area contributed by atoms with Crippen LogP contribution in [0.1, 0.15) is 36.0 Å². The van der Waals surface area contributed by atoms with Crippen LogP contribution in [0.5, 0.6) is 0 Å². The van der Waals surface area contributed by atoms with Gasteiger partial charge in [0, 0.05) is 0 Å². The lowest BCUT2D eigenvalue weighted by molar-refractivity contribution is -0.141. The number of halogens is 5. The summed E-state index contributed by atoms with van der Waals surface area (Å²) in [6, 6.07) is 0.236. The molecule has 9 heteroatoms. The minimum atomic E-state index is -4.66. The van der Waals surface area contributed by atoms with Gasteiger partial charge in [-0.25, -0.2) is 14.4 Å². The highest BCUT2D eigenvalue weighted by molar-refractivity contribution is 5.85. The predicted octanol–water partition coefficient (Wildman–Crippen LogP) is 3.65. The molecule has 0 saturated heterocycles. The normalized spacial score (nSPS) is 17.8. The fraction of sp³-hybridized carbons (Fsp3) is 0.385. The summed E-state index contributed by atoms with van der Waals surface area (Å²) < 4.78 is 57.1. The summed E-state index contributed by atoms with van der Waals surface area (Å²) in [6.45, 7) is 0. The van der Waals surface area contributed by atoms with Crippen LogP contribution in [-0.4, -0.2) is 9.97 Å². The monoisotopic (exact) mass is 337 g/mol. The molecule has 120 valence electrons. The second-order valence-electron chi connectivity index (χ2n) is 4.88. The topological polar surface area (TPSA) is 64.9 Å². The van der Waals surface area contributed by atoms with Crippen molar-refractivity contribution in [1.29, 1.82) is 0 Å². The molecule has 0 saturated carbocycles. The van der Waals surface area contributed by atoms with Crippen molar-refractivity contribution in [1.82, 2.24) is 9.97 Å². The van der Waals surface area contributed by atoms with Gasteiger partial charge < -0.3 is 10.2 Å². The second kappa shape index (κ2) is 5.85. The summed E-state index contributed by atoms with van der Waals surface area (Å²) >= 11 is 0. The first kappa shape index (κ1) is 16.7. The molecule has 2 N–H and O–H groups in total. The number of aryl methyl sites for hydroxylation is 1. The lowest BCUT2D eigenvalue weighted by Crippen LogP contribution is -2.15. The van der Waals surface area contributed by atoms with Crippen molar-refractivity contribution in [3.8, 4) is 11.5 Å². The van der Waals surface area contributed by atoms with E-state index in [-0.39, 0.29) is 29.9 Å². The number of aromatic nitrogens is 2. The van der Waals surface area contributed by atoms with Gasteiger partial charge in [0.15, 0.2) is 5.82 Å². The van der Waals surface area contributed by atoms with Crippen molar-refractivity contribution in [2.24, 2.45) is 5.73 Å². The molecule has 1 aliphatic carbocycles. The van der Waals surface area contributed by atoms with Gasteiger partial charge in [0.05, 0.1) is 23.5 Å². The van der Waals surface area contributed by atoms with Gasteiger partial charge in [-0.1, -0.05) is 0 Å². The van der Waals surface area contributed by atoms with Crippen LogP contribution in [0, 0.1) is 5.82 Å². The van der Waals surface area contributed by atoms with Gasteiger partial charge >= 0.3 is 6.18 Å². The maximum atomic E-state index is 13.7. The molecular weight excluding hydrogens is 326 g/mol. The van der Waals surface area contributed by atoms with Crippen LogP contribution in [0.4, 0.5) is 17.6 Å². The molecule has 22 heavy (non-hydrogen) atoms. The molecule has 4 nitrogen and oxygen atoms in total. The van der Waals surface area contributed by atoms with E-state index in [1.807, 2.05) is 0 Å². The van der Waals surface area contributed by atoms with Crippen molar-refractivity contribution in [2.45, 2.75) is 31.5 Å². The number of fused-ring (bicyclic) bond motifs is 1. The van der Waals surface area contributed by atoms with E-state index in [2.05, 4.69) is 9.97 Å². The molecule has 0 unspecified atom stereocenters. The van der Waals surface area contributed by atoms with Crippen molar-refractivity contribution < 1.29 is 22.0 Å². The number of alkyl halides is 3. The Labute approximate surface area is 129 Å². The first-order chi connectivity index (χ1) is 9.86. The fourth-order valence-corrected chi connectivity index (χ4v) is 2.33. The number of nitrogens with zero attached hydrogens (tertiary/aromatic N) is 2. The Morgan fingerprint density at radius 2 is 2.05 bits per heavy atom. The lowest BCUT2D eigenvalue weighted by Gasteiger charge is -2.14. The van der Waals surface area contributed by atoms with Gasteiger partial charge in [-0.05, 0) is 25.3 Å². The van der Waals surface area contributed by atoms with Crippen LogP contribution >= 0.6 is 12.4 Å². The molecule has 2 aromatic rings. The van der Waals surface area contributed by atoms with Gasteiger partial charge in [-0.2, -0.15) is 13.2 Å².